The number of amides is 1. The van der Waals surface area contributed by atoms with E-state index in [9.17, 15) is 10.1 Å². The van der Waals surface area contributed by atoms with Crippen LogP contribution < -0.4 is 15.8 Å². The fraction of sp³-hybridized carbons (Fsp3) is 0.333. The van der Waals surface area contributed by atoms with Crippen LogP contribution >= 0.6 is 11.8 Å². The quantitative estimate of drug-likeness (QED) is 0.362. The highest BCUT2D eigenvalue weighted by Crippen LogP contribution is 2.35. The molecular weight excluding hydrogens is 422 g/mol. The number of nitrogens with two attached hydrogens (primary N) is 1. The van der Waals surface area contributed by atoms with E-state index in [2.05, 4.69) is 28.3 Å². The standard InChI is InChI=1S/C24H27N5O2S/c1-15(2)31-22-10-7-16(11-17(22)12-25)14-32-24(29-27-3)20-6-4-5-19-18(20)8-9-21(19)28-23(30)13-26/h4-7,10-11,15,21H,3,8-9,13-14,26H2,1-2H3,(H,28,30)/b29-24-. The summed E-state index contributed by atoms with van der Waals surface area (Å²) in [6, 6.07) is 13.8. The molecule has 8 heteroatoms. The van der Waals surface area contributed by atoms with Crippen molar-refractivity contribution in [3.05, 3.63) is 64.2 Å². The van der Waals surface area contributed by atoms with E-state index in [-0.39, 0.29) is 24.6 Å². The maximum absolute atomic E-state index is 11.8. The molecule has 1 amide bonds. The van der Waals surface area contributed by atoms with Crippen molar-refractivity contribution in [3.8, 4) is 11.8 Å². The van der Waals surface area contributed by atoms with Gasteiger partial charge in [-0.25, -0.2) is 0 Å². The highest BCUT2D eigenvalue weighted by molar-refractivity contribution is 8.13. The van der Waals surface area contributed by atoms with E-state index in [1.54, 1.807) is 0 Å². The molecule has 0 saturated heterocycles. The summed E-state index contributed by atoms with van der Waals surface area (Å²) in [7, 11) is 0. The summed E-state index contributed by atoms with van der Waals surface area (Å²) in [6.07, 6.45) is 1.65. The number of thioether (sulfide) groups is 1. The maximum Gasteiger partial charge on any atom is 0.234 e. The van der Waals surface area contributed by atoms with Gasteiger partial charge in [-0.2, -0.15) is 10.4 Å². The third-order valence-corrected chi connectivity index (χ3v) is 6.14. The van der Waals surface area contributed by atoms with Gasteiger partial charge >= 0.3 is 0 Å². The monoisotopic (exact) mass is 449 g/mol. The van der Waals surface area contributed by atoms with E-state index in [0.29, 0.717) is 17.1 Å². The first-order valence-electron chi connectivity index (χ1n) is 10.4. The zero-order chi connectivity index (χ0) is 23.1. The summed E-state index contributed by atoms with van der Waals surface area (Å²) >= 11 is 1.54. The zero-order valence-corrected chi connectivity index (χ0v) is 19.1. The van der Waals surface area contributed by atoms with Gasteiger partial charge < -0.3 is 15.8 Å². The topological polar surface area (TPSA) is 113 Å². The van der Waals surface area contributed by atoms with Gasteiger partial charge in [0.15, 0.2) is 0 Å². The number of hydrogen-bond acceptors (Lipinski definition) is 7. The smallest absolute Gasteiger partial charge is 0.234 e. The SMILES string of the molecule is C=N/N=C(\SCc1ccc(OC(C)C)c(C#N)c1)c1cccc2c1CCC2NC(=O)CN. The fourth-order valence-electron chi connectivity index (χ4n) is 3.75. The van der Waals surface area contributed by atoms with E-state index in [1.807, 2.05) is 50.2 Å². The highest BCUT2D eigenvalue weighted by Gasteiger charge is 2.27. The summed E-state index contributed by atoms with van der Waals surface area (Å²) < 4.78 is 5.71. The van der Waals surface area contributed by atoms with Gasteiger partial charge in [-0.15, -0.1) is 5.10 Å². The third-order valence-electron chi connectivity index (χ3n) is 5.09. The number of carbonyl (C=O) groups is 1. The van der Waals surface area contributed by atoms with Crippen LogP contribution in [0.3, 0.4) is 0 Å². The van der Waals surface area contributed by atoms with E-state index in [1.165, 1.54) is 11.8 Å². The van der Waals surface area contributed by atoms with Gasteiger partial charge in [-0.1, -0.05) is 36.0 Å². The van der Waals surface area contributed by atoms with Crippen LogP contribution in [-0.2, 0) is 17.0 Å². The molecule has 0 heterocycles. The van der Waals surface area contributed by atoms with Crippen molar-refractivity contribution in [2.75, 3.05) is 6.54 Å². The Morgan fingerprint density at radius 2 is 2.22 bits per heavy atom. The largest absolute Gasteiger partial charge is 0.490 e. The predicted octanol–water partition coefficient (Wildman–Crippen LogP) is 3.70. The first-order chi connectivity index (χ1) is 15.5. The van der Waals surface area contributed by atoms with Crippen molar-refractivity contribution < 1.29 is 9.53 Å². The number of nitrogens with one attached hydrogen (secondary N) is 1. The first-order valence-corrected chi connectivity index (χ1v) is 11.4. The minimum atomic E-state index is -0.164. The summed E-state index contributed by atoms with van der Waals surface area (Å²) in [5, 5.41) is 21.3. The minimum Gasteiger partial charge on any atom is -0.490 e. The fourth-order valence-corrected chi connectivity index (χ4v) is 4.69. The molecule has 0 aromatic heterocycles. The molecule has 0 fully saturated rings. The zero-order valence-electron chi connectivity index (χ0n) is 18.3. The molecule has 166 valence electrons. The number of ether oxygens (including phenoxy) is 1. The Morgan fingerprint density at radius 3 is 2.91 bits per heavy atom. The van der Waals surface area contributed by atoms with Gasteiger partial charge in [0.2, 0.25) is 5.91 Å². The van der Waals surface area contributed by atoms with Crippen LogP contribution in [0.4, 0.5) is 0 Å². The number of carbonyl (C=O) groups excluding carboxylic acids is 1. The minimum absolute atomic E-state index is 0.00151. The van der Waals surface area contributed by atoms with Crippen molar-refractivity contribution in [2.45, 2.75) is 44.6 Å². The van der Waals surface area contributed by atoms with Crippen molar-refractivity contribution in [2.24, 2.45) is 15.9 Å². The van der Waals surface area contributed by atoms with Gasteiger partial charge in [-0.05, 0) is 55.5 Å². The number of rotatable bonds is 8. The molecular formula is C24H27N5O2S. The molecule has 7 nitrogen and oxygen atoms in total. The molecule has 2 aromatic carbocycles. The molecule has 1 aliphatic carbocycles. The van der Waals surface area contributed by atoms with E-state index >= 15 is 0 Å². The van der Waals surface area contributed by atoms with Crippen LogP contribution in [-0.4, -0.2) is 30.3 Å². The molecule has 3 N–H and O–H groups in total. The second-order valence-electron chi connectivity index (χ2n) is 7.68. The number of nitrogens with zero attached hydrogens (tertiary/aromatic N) is 3. The van der Waals surface area contributed by atoms with Gasteiger partial charge in [0.05, 0.1) is 24.3 Å². The summed E-state index contributed by atoms with van der Waals surface area (Å²) in [5.41, 5.74) is 10.2. The van der Waals surface area contributed by atoms with Crippen LogP contribution in [0.2, 0.25) is 0 Å². The Hall–Kier alpha value is -3.15. The number of hydrogen-bond donors (Lipinski definition) is 2. The average Bonchev–Trinajstić information content (AvgIpc) is 3.19. The van der Waals surface area contributed by atoms with Crippen molar-refractivity contribution in [3.63, 3.8) is 0 Å². The van der Waals surface area contributed by atoms with Crippen LogP contribution in [0.15, 0.2) is 46.6 Å². The summed E-state index contributed by atoms with van der Waals surface area (Å²) in [4.78, 5) is 11.8. The van der Waals surface area contributed by atoms with Crippen LogP contribution in [0.1, 0.15) is 54.1 Å². The summed E-state index contributed by atoms with van der Waals surface area (Å²) in [6.45, 7) is 7.36. The lowest BCUT2D eigenvalue weighted by Crippen LogP contribution is -2.32. The second kappa shape index (κ2) is 10.9. The molecule has 1 atom stereocenters. The van der Waals surface area contributed by atoms with E-state index in [0.717, 1.165) is 40.1 Å². The number of fused-ring (bicyclic) bond motifs is 1. The van der Waals surface area contributed by atoms with E-state index < -0.39 is 0 Å². The van der Waals surface area contributed by atoms with Crippen molar-refractivity contribution in [1.82, 2.24) is 5.32 Å². The number of benzene rings is 2. The van der Waals surface area contributed by atoms with Gasteiger partial charge in [0.1, 0.15) is 16.9 Å². The van der Waals surface area contributed by atoms with Crippen LogP contribution in [0.5, 0.6) is 5.75 Å². The second-order valence-corrected chi connectivity index (χ2v) is 8.64. The molecule has 0 saturated carbocycles. The molecule has 1 unspecified atom stereocenters. The van der Waals surface area contributed by atoms with Gasteiger partial charge in [0.25, 0.3) is 0 Å². The molecule has 0 radical (unpaired) electrons. The molecule has 3 rings (SSSR count). The third kappa shape index (κ3) is 5.55. The lowest BCUT2D eigenvalue weighted by atomic mass is 10.0. The lowest BCUT2D eigenvalue weighted by Gasteiger charge is -2.15. The van der Waals surface area contributed by atoms with E-state index in [4.69, 9.17) is 10.5 Å². The Kier molecular flexibility index (Phi) is 8.03. The predicted molar refractivity (Wildman–Crippen MR) is 129 cm³/mol. The number of nitriles is 1. The average molecular weight is 450 g/mol. The molecule has 1 aliphatic rings. The van der Waals surface area contributed by atoms with Crippen molar-refractivity contribution >= 4 is 29.4 Å². The molecule has 2 aromatic rings. The normalized spacial score (nSPS) is 15.2. The van der Waals surface area contributed by atoms with Crippen LogP contribution in [0, 0.1) is 11.3 Å². The van der Waals surface area contributed by atoms with Crippen molar-refractivity contribution in [1.29, 1.82) is 5.26 Å². The Balaban J connectivity index is 1.81. The Labute approximate surface area is 192 Å². The summed E-state index contributed by atoms with van der Waals surface area (Å²) in [5.74, 6) is 1.04. The molecule has 0 spiro atoms. The highest BCUT2D eigenvalue weighted by atomic mass is 32.2. The lowest BCUT2D eigenvalue weighted by molar-refractivity contribution is -0.120. The maximum atomic E-state index is 11.8. The van der Waals surface area contributed by atoms with Gasteiger partial charge in [-0.3, -0.25) is 4.79 Å². The molecule has 0 aliphatic heterocycles. The Bertz CT molecular complexity index is 1070. The van der Waals surface area contributed by atoms with Crippen LogP contribution in [0.25, 0.3) is 0 Å². The molecule has 0 bridgehead atoms. The van der Waals surface area contributed by atoms with Gasteiger partial charge in [0, 0.05) is 18.0 Å². The molecule has 32 heavy (non-hydrogen) atoms. The Morgan fingerprint density at radius 1 is 1.41 bits per heavy atom. The first kappa shape index (κ1) is 23.5.